The summed E-state index contributed by atoms with van der Waals surface area (Å²) in [6.45, 7) is 6.77. The van der Waals surface area contributed by atoms with Gasteiger partial charge in [-0.25, -0.2) is 0 Å². The molecule has 1 rings (SSSR count). The maximum absolute atomic E-state index is 2.26. The third kappa shape index (κ3) is 2.37. The maximum atomic E-state index is 2.26. The molecule has 0 nitrogen and oxygen atoms in total. The molecule has 1 heteroatoms. The molecule has 0 unspecified atom stereocenters. The summed E-state index contributed by atoms with van der Waals surface area (Å²) in [7, 11) is 0. The van der Waals surface area contributed by atoms with Crippen LogP contribution in [0.1, 0.15) is 28.6 Å². The topological polar surface area (TPSA) is 0 Å². The normalized spacial score (nSPS) is 16.5. The third-order valence-electron chi connectivity index (χ3n) is 1.73. The molecule has 0 bridgehead atoms. The van der Waals surface area contributed by atoms with Crippen molar-refractivity contribution in [3.8, 4) is 0 Å². The van der Waals surface area contributed by atoms with Crippen molar-refractivity contribution in [1.82, 2.24) is 0 Å². The van der Waals surface area contributed by atoms with Crippen LogP contribution in [-0.2, 0) is 0 Å². The van der Waals surface area contributed by atoms with Crippen LogP contribution in [-0.4, -0.2) is 0 Å². The van der Waals surface area contributed by atoms with Gasteiger partial charge >= 0.3 is 18.9 Å². The molecule has 1 aliphatic rings. The quantitative estimate of drug-likeness (QED) is 0.406. The van der Waals surface area contributed by atoms with Crippen LogP contribution in [0.2, 0.25) is 0 Å². The van der Waals surface area contributed by atoms with E-state index in [1.54, 1.807) is 5.57 Å². The second-order valence-electron chi connectivity index (χ2n) is 3.57. The van der Waals surface area contributed by atoms with Crippen LogP contribution in [0, 0.1) is 5.41 Å². The van der Waals surface area contributed by atoms with Gasteiger partial charge in [-0.1, -0.05) is 44.6 Å². The van der Waals surface area contributed by atoms with E-state index in [9.17, 15) is 0 Å². The Bertz CT molecular complexity index is 163. The summed E-state index contributed by atoms with van der Waals surface area (Å²) in [4.78, 5) is 0. The van der Waals surface area contributed by atoms with E-state index in [0.29, 0.717) is 5.41 Å². The fourth-order valence-corrected chi connectivity index (χ4v) is 1.00. The molecular weight excluding hydrogens is 115 g/mol. The van der Waals surface area contributed by atoms with Crippen LogP contribution in [0.15, 0.2) is 23.8 Å². The summed E-state index contributed by atoms with van der Waals surface area (Å²) >= 11 is 0. The van der Waals surface area contributed by atoms with Crippen molar-refractivity contribution in [2.75, 3.05) is 0 Å². The Hall–Kier alpha value is 0.0774. The molecule has 0 saturated heterocycles. The Labute approximate surface area is 77.1 Å². The van der Waals surface area contributed by atoms with E-state index in [-0.39, 0.29) is 20.3 Å². The van der Waals surface area contributed by atoms with Crippen molar-refractivity contribution in [3.05, 3.63) is 23.8 Å². The van der Waals surface area contributed by atoms with E-state index in [4.69, 9.17) is 0 Å². The third-order valence-corrected chi connectivity index (χ3v) is 1.73. The molecule has 0 saturated carbocycles. The van der Waals surface area contributed by atoms with Crippen LogP contribution in [0.5, 0.6) is 0 Å². The molecule has 0 fully saturated rings. The molecule has 0 heterocycles. The minimum Gasteiger partial charge on any atom is -1.00 e. The van der Waals surface area contributed by atoms with Gasteiger partial charge in [0, 0.05) is 0 Å². The molecule has 0 aromatic heterocycles. The monoisotopic (exact) mass is 130 g/mol. The Morgan fingerprint density at radius 1 is 1.40 bits per heavy atom. The Balaban J connectivity index is 0. The first-order chi connectivity index (χ1) is 4.11. The zero-order valence-electron chi connectivity index (χ0n) is 8.44. The predicted molar refractivity (Wildman–Crippen MR) is 42.4 cm³/mol. The molecule has 52 valence electrons. The maximum Gasteiger partial charge on any atom is 1.00 e. The average Bonchev–Trinajstić information content (AvgIpc) is 2.08. The molecule has 0 N–H and O–H groups in total. The van der Waals surface area contributed by atoms with Crippen LogP contribution >= 0.6 is 0 Å². The fourth-order valence-electron chi connectivity index (χ4n) is 1.00. The average molecular weight is 130 g/mol. The van der Waals surface area contributed by atoms with Gasteiger partial charge in [0.15, 0.2) is 0 Å². The van der Waals surface area contributed by atoms with Crippen molar-refractivity contribution < 1.29 is 20.3 Å². The molecule has 0 atom stereocenters. The van der Waals surface area contributed by atoms with Gasteiger partial charge in [-0.2, -0.15) is 0 Å². The van der Waals surface area contributed by atoms with Crippen molar-refractivity contribution in [2.45, 2.75) is 27.2 Å². The molecule has 0 aromatic rings. The van der Waals surface area contributed by atoms with Crippen LogP contribution in [0.4, 0.5) is 0 Å². The first kappa shape index (κ1) is 10.1. The summed E-state index contributed by atoms with van der Waals surface area (Å²) in [6.07, 6.45) is 7.73. The number of hydrogen-bond acceptors (Lipinski definition) is 0. The van der Waals surface area contributed by atoms with Crippen LogP contribution in [0.25, 0.3) is 0 Å². The van der Waals surface area contributed by atoms with E-state index in [2.05, 4.69) is 39.0 Å². The van der Waals surface area contributed by atoms with E-state index < -0.39 is 0 Å². The number of hydrogen-bond donors (Lipinski definition) is 0. The zero-order valence-corrected chi connectivity index (χ0v) is 7.44. The first-order valence-electron chi connectivity index (χ1n) is 3.47. The predicted octanol–water partition coefficient (Wildman–Crippen LogP) is 0.0353. The van der Waals surface area contributed by atoms with Gasteiger partial charge in [-0.3, -0.25) is 0 Å². The van der Waals surface area contributed by atoms with Crippen molar-refractivity contribution >= 4 is 0 Å². The molecule has 10 heavy (non-hydrogen) atoms. The van der Waals surface area contributed by atoms with Gasteiger partial charge in [-0.05, 0) is 11.8 Å². The summed E-state index contributed by atoms with van der Waals surface area (Å²) in [5, 5.41) is 0. The molecular formula is C9H15Li. The van der Waals surface area contributed by atoms with Gasteiger partial charge in [0.25, 0.3) is 0 Å². The summed E-state index contributed by atoms with van der Waals surface area (Å²) in [6, 6.07) is 0. The van der Waals surface area contributed by atoms with E-state index >= 15 is 0 Å². The molecule has 1 aliphatic carbocycles. The Morgan fingerprint density at radius 2 is 2.00 bits per heavy atom. The van der Waals surface area contributed by atoms with Gasteiger partial charge < -0.3 is 1.43 Å². The van der Waals surface area contributed by atoms with Crippen molar-refractivity contribution in [1.29, 1.82) is 0 Å². The summed E-state index contributed by atoms with van der Waals surface area (Å²) in [5.41, 5.74) is 1.92. The second-order valence-corrected chi connectivity index (χ2v) is 3.57. The molecule has 0 radical (unpaired) electrons. The SMILES string of the molecule is CC(C)(C)C1=CC=CC1.[H-].[Li+]. The minimum absolute atomic E-state index is 0. The van der Waals surface area contributed by atoms with Crippen molar-refractivity contribution in [2.24, 2.45) is 5.41 Å². The smallest absolute Gasteiger partial charge is 1.00 e. The van der Waals surface area contributed by atoms with E-state index in [1.165, 1.54) is 0 Å². The molecule has 0 aromatic carbocycles. The molecule has 0 aliphatic heterocycles. The Kier molecular flexibility index (Phi) is 3.49. The summed E-state index contributed by atoms with van der Waals surface area (Å²) in [5.74, 6) is 0. The van der Waals surface area contributed by atoms with Gasteiger partial charge in [0.1, 0.15) is 0 Å². The fraction of sp³-hybridized carbons (Fsp3) is 0.556. The van der Waals surface area contributed by atoms with Gasteiger partial charge in [-0.15, -0.1) is 0 Å². The minimum atomic E-state index is 0. The van der Waals surface area contributed by atoms with Crippen LogP contribution < -0.4 is 18.9 Å². The molecule has 0 spiro atoms. The van der Waals surface area contributed by atoms with E-state index in [0.717, 1.165) is 6.42 Å². The van der Waals surface area contributed by atoms with Crippen molar-refractivity contribution in [3.63, 3.8) is 0 Å². The first-order valence-corrected chi connectivity index (χ1v) is 3.47. The number of rotatable bonds is 0. The van der Waals surface area contributed by atoms with E-state index in [1.807, 2.05) is 0 Å². The standard InChI is InChI=1S/C9H14.Li.H/c1-9(2,3)8-6-4-5-7-8;;/h4-6H,7H2,1-3H3;;/q;+1;-1. The summed E-state index contributed by atoms with van der Waals surface area (Å²) < 4.78 is 0. The van der Waals surface area contributed by atoms with Gasteiger partial charge in [0.2, 0.25) is 0 Å². The zero-order chi connectivity index (χ0) is 6.91. The largest absolute Gasteiger partial charge is 1.00 e. The number of allylic oxidation sites excluding steroid dienone is 4. The second kappa shape index (κ2) is 3.46. The molecule has 0 amide bonds. The Morgan fingerprint density at radius 3 is 2.20 bits per heavy atom. The van der Waals surface area contributed by atoms with Crippen LogP contribution in [0.3, 0.4) is 0 Å². The van der Waals surface area contributed by atoms with Gasteiger partial charge in [0.05, 0.1) is 0 Å².